The lowest BCUT2D eigenvalue weighted by Gasteiger charge is -2.09. The van der Waals surface area contributed by atoms with E-state index in [2.05, 4.69) is 20.3 Å². The van der Waals surface area contributed by atoms with Crippen molar-refractivity contribution in [3.05, 3.63) is 54.9 Å². The minimum atomic E-state index is 0.470. The number of nitrogens with two attached hydrogens (primary N) is 1. The summed E-state index contributed by atoms with van der Waals surface area (Å²) in [6, 6.07) is 13.1. The molecule has 0 unspecified atom stereocenters. The predicted molar refractivity (Wildman–Crippen MR) is 96.1 cm³/mol. The summed E-state index contributed by atoms with van der Waals surface area (Å²) in [5.41, 5.74) is 7.96. The number of methoxy groups -OCH3 is 1. The Balaban J connectivity index is 1.80. The third-order valence-corrected chi connectivity index (χ3v) is 3.37. The molecule has 128 valence electrons. The summed E-state index contributed by atoms with van der Waals surface area (Å²) in [5, 5.41) is 3.18. The maximum absolute atomic E-state index is 5.53. The van der Waals surface area contributed by atoms with Gasteiger partial charge in [0, 0.05) is 42.3 Å². The zero-order valence-electron chi connectivity index (χ0n) is 13.8. The molecule has 1 aromatic carbocycles. The number of ether oxygens (including phenoxy) is 2. The fraction of sp³-hybridized carbons (Fsp3) is 0.167. The highest BCUT2D eigenvalue weighted by atomic mass is 16.5. The molecule has 0 amide bonds. The van der Waals surface area contributed by atoms with Crippen molar-refractivity contribution in [1.82, 2.24) is 15.0 Å². The van der Waals surface area contributed by atoms with Crippen LogP contribution in [0.4, 0.5) is 11.6 Å². The first-order chi connectivity index (χ1) is 12.3. The third kappa shape index (κ3) is 4.42. The zero-order chi connectivity index (χ0) is 17.5. The average molecular weight is 337 g/mol. The summed E-state index contributed by atoms with van der Waals surface area (Å²) in [5.74, 6) is 1.77. The molecule has 0 atom stereocenters. The van der Waals surface area contributed by atoms with E-state index < -0.39 is 0 Å². The van der Waals surface area contributed by atoms with Crippen LogP contribution in [-0.2, 0) is 0 Å². The molecule has 0 aliphatic carbocycles. The molecule has 7 nitrogen and oxygen atoms in total. The summed E-state index contributed by atoms with van der Waals surface area (Å²) in [6.07, 6.45) is 3.38. The Hall–Kier alpha value is -3.19. The molecule has 0 radical (unpaired) electrons. The minimum Gasteiger partial charge on any atom is -0.492 e. The van der Waals surface area contributed by atoms with Gasteiger partial charge in [0.2, 0.25) is 11.8 Å². The van der Waals surface area contributed by atoms with E-state index in [1.165, 1.54) is 0 Å². The van der Waals surface area contributed by atoms with Crippen LogP contribution in [0.5, 0.6) is 11.6 Å². The van der Waals surface area contributed by atoms with Crippen LogP contribution in [0.15, 0.2) is 54.9 Å². The second-order valence-corrected chi connectivity index (χ2v) is 5.14. The van der Waals surface area contributed by atoms with Gasteiger partial charge in [0.25, 0.3) is 0 Å². The van der Waals surface area contributed by atoms with E-state index in [9.17, 15) is 0 Å². The van der Waals surface area contributed by atoms with Gasteiger partial charge in [0.15, 0.2) is 0 Å². The summed E-state index contributed by atoms with van der Waals surface area (Å²) < 4.78 is 10.7. The lowest BCUT2D eigenvalue weighted by atomic mass is 10.2. The van der Waals surface area contributed by atoms with Gasteiger partial charge in [-0.15, -0.1) is 0 Å². The van der Waals surface area contributed by atoms with E-state index in [0.717, 1.165) is 22.7 Å². The van der Waals surface area contributed by atoms with Gasteiger partial charge in [-0.25, -0.2) is 15.0 Å². The summed E-state index contributed by atoms with van der Waals surface area (Å²) >= 11 is 0. The fourth-order valence-electron chi connectivity index (χ4n) is 2.23. The van der Waals surface area contributed by atoms with E-state index in [4.69, 9.17) is 15.2 Å². The van der Waals surface area contributed by atoms with Gasteiger partial charge in [-0.05, 0) is 24.3 Å². The SMILES string of the molecule is COc1cc(-c2ccnc(Nc3cccc(OCCN)c3)n2)ccn1. The number of pyridine rings is 1. The van der Waals surface area contributed by atoms with E-state index >= 15 is 0 Å². The molecule has 0 saturated heterocycles. The molecule has 3 rings (SSSR count). The van der Waals surface area contributed by atoms with Crippen molar-refractivity contribution in [1.29, 1.82) is 0 Å². The van der Waals surface area contributed by atoms with Crippen molar-refractivity contribution in [2.75, 3.05) is 25.6 Å². The monoisotopic (exact) mass is 337 g/mol. The largest absolute Gasteiger partial charge is 0.492 e. The average Bonchev–Trinajstić information content (AvgIpc) is 2.67. The Labute approximate surface area is 145 Å². The first-order valence-electron chi connectivity index (χ1n) is 7.82. The normalized spacial score (nSPS) is 10.3. The molecule has 3 aromatic rings. The molecule has 0 aliphatic heterocycles. The van der Waals surface area contributed by atoms with Crippen LogP contribution >= 0.6 is 0 Å². The zero-order valence-corrected chi connectivity index (χ0v) is 13.8. The first-order valence-corrected chi connectivity index (χ1v) is 7.82. The number of rotatable bonds is 7. The van der Waals surface area contributed by atoms with E-state index in [1.807, 2.05) is 42.5 Å². The molecular formula is C18H19N5O2. The Bertz CT molecular complexity index is 841. The maximum atomic E-state index is 5.53. The van der Waals surface area contributed by atoms with Crippen LogP contribution in [0.3, 0.4) is 0 Å². The molecule has 3 N–H and O–H groups in total. The third-order valence-electron chi connectivity index (χ3n) is 3.37. The van der Waals surface area contributed by atoms with Gasteiger partial charge in [-0.2, -0.15) is 0 Å². The smallest absolute Gasteiger partial charge is 0.227 e. The number of benzene rings is 1. The Kier molecular flexibility index (Phi) is 5.38. The summed E-state index contributed by atoms with van der Waals surface area (Å²) in [4.78, 5) is 12.9. The minimum absolute atomic E-state index is 0.470. The summed E-state index contributed by atoms with van der Waals surface area (Å²) in [7, 11) is 1.58. The molecule has 7 heteroatoms. The van der Waals surface area contributed by atoms with Gasteiger partial charge in [0.1, 0.15) is 12.4 Å². The van der Waals surface area contributed by atoms with Crippen LogP contribution in [0.1, 0.15) is 0 Å². The lowest BCUT2D eigenvalue weighted by Crippen LogP contribution is -2.10. The predicted octanol–water partition coefficient (Wildman–Crippen LogP) is 2.63. The van der Waals surface area contributed by atoms with Gasteiger partial charge < -0.3 is 20.5 Å². The molecule has 2 aromatic heterocycles. The van der Waals surface area contributed by atoms with Crippen LogP contribution in [0.2, 0.25) is 0 Å². The van der Waals surface area contributed by atoms with Crippen molar-refractivity contribution < 1.29 is 9.47 Å². The molecule has 0 bridgehead atoms. The van der Waals surface area contributed by atoms with Gasteiger partial charge >= 0.3 is 0 Å². The molecule has 0 saturated carbocycles. The highest BCUT2D eigenvalue weighted by Gasteiger charge is 2.05. The molecule has 0 spiro atoms. The van der Waals surface area contributed by atoms with E-state index in [0.29, 0.717) is 25.0 Å². The molecule has 2 heterocycles. The molecule has 0 aliphatic rings. The van der Waals surface area contributed by atoms with Crippen molar-refractivity contribution in [3.63, 3.8) is 0 Å². The summed E-state index contributed by atoms with van der Waals surface area (Å²) in [6.45, 7) is 0.942. The van der Waals surface area contributed by atoms with Crippen LogP contribution in [0.25, 0.3) is 11.3 Å². The van der Waals surface area contributed by atoms with Crippen molar-refractivity contribution in [2.45, 2.75) is 0 Å². The first kappa shape index (κ1) is 16.7. The van der Waals surface area contributed by atoms with E-state index in [1.54, 1.807) is 19.5 Å². The number of hydrogen-bond acceptors (Lipinski definition) is 7. The van der Waals surface area contributed by atoms with Crippen LogP contribution < -0.4 is 20.5 Å². The number of anilines is 2. The topological polar surface area (TPSA) is 95.2 Å². The maximum Gasteiger partial charge on any atom is 0.227 e. The number of hydrogen-bond donors (Lipinski definition) is 2. The van der Waals surface area contributed by atoms with Gasteiger partial charge in [-0.3, -0.25) is 0 Å². The second-order valence-electron chi connectivity index (χ2n) is 5.14. The highest BCUT2D eigenvalue weighted by Crippen LogP contribution is 2.23. The van der Waals surface area contributed by atoms with Crippen LogP contribution in [0, 0.1) is 0 Å². The Morgan fingerprint density at radius 1 is 1.08 bits per heavy atom. The molecular weight excluding hydrogens is 318 g/mol. The Morgan fingerprint density at radius 2 is 1.96 bits per heavy atom. The van der Waals surface area contributed by atoms with Crippen molar-refractivity contribution in [2.24, 2.45) is 5.73 Å². The molecule has 25 heavy (non-hydrogen) atoms. The van der Waals surface area contributed by atoms with Gasteiger partial charge in [-0.1, -0.05) is 6.07 Å². The quantitative estimate of drug-likeness (QED) is 0.684. The van der Waals surface area contributed by atoms with Crippen LogP contribution in [-0.4, -0.2) is 35.2 Å². The fourth-order valence-corrected chi connectivity index (χ4v) is 2.23. The molecule has 0 fully saturated rings. The number of nitrogens with zero attached hydrogens (tertiary/aromatic N) is 3. The highest BCUT2D eigenvalue weighted by molar-refractivity contribution is 5.63. The number of aromatic nitrogens is 3. The lowest BCUT2D eigenvalue weighted by molar-refractivity contribution is 0.328. The number of nitrogens with one attached hydrogen (secondary N) is 1. The standard InChI is InChI=1S/C18H19N5O2/c1-24-17-11-13(5-8-20-17)16-6-9-21-18(23-16)22-14-3-2-4-15(12-14)25-10-7-19/h2-6,8-9,11-12H,7,10,19H2,1H3,(H,21,22,23). The Morgan fingerprint density at radius 3 is 2.80 bits per heavy atom. The second kappa shape index (κ2) is 8.07. The van der Waals surface area contributed by atoms with Gasteiger partial charge in [0.05, 0.1) is 12.8 Å². The van der Waals surface area contributed by atoms with Crippen molar-refractivity contribution in [3.8, 4) is 22.9 Å². The van der Waals surface area contributed by atoms with E-state index in [-0.39, 0.29) is 0 Å². The van der Waals surface area contributed by atoms with Crippen molar-refractivity contribution >= 4 is 11.6 Å².